The van der Waals surface area contributed by atoms with Crippen LogP contribution in [0.25, 0.3) is 0 Å². The topological polar surface area (TPSA) is 110 Å². The summed E-state index contributed by atoms with van der Waals surface area (Å²) in [6.45, 7) is 2.91. The molecule has 2 N–H and O–H groups in total. The molecule has 9 heteroatoms. The van der Waals surface area contributed by atoms with Crippen LogP contribution in [0, 0.1) is 13.8 Å². The Kier molecular flexibility index (Phi) is 4.91. The third kappa shape index (κ3) is 6.01. The normalized spacial score (nSPS) is 12.4. The second kappa shape index (κ2) is 5.87. The van der Waals surface area contributed by atoms with Crippen molar-refractivity contribution in [1.29, 1.82) is 0 Å². The van der Waals surface area contributed by atoms with E-state index in [1.54, 1.807) is 19.1 Å². The van der Waals surface area contributed by atoms with Crippen molar-refractivity contribution < 1.29 is 25.6 Å². The maximum absolute atomic E-state index is 11.7. The van der Waals surface area contributed by atoms with Crippen LogP contribution in [0.5, 0.6) is 0 Å². The molecule has 0 atom stereocenters. The number of aryl methyl sites for hydroxylation is 2. The van der Waals surface area contributed by atoms with Crippen LogP contribution in [-0.2, 0) is 24.6 Å². The van der Waals surface area contributed by atoms with Crippen LogP contribution in [0.4, 0.5) is 5.69 Å². The van der Waals surface area contributed by atoms with Gasteiger partial charge in [-0.05, 0) is 31.0 Å². The summed E-state index contributed by atoms with van der Waals surface area (Å²) in [6, 6.07) is 5.27. The van der Waals surface area contributed by atoms with Crippen LogP contribution in [0.15, 0.2) is 18.2 Å². The van der Waals surface area contributed by atoms with Crippen LogP contribution in [0.1, 0.15) is 11.1 Å². The highest BCUT2D eigenvalue weighted by Crippen LogP contribution is 2.17. The van der Waals surface area contributed by atoms with Crippen molar-refractivity contribution in [2.75, 3.05) is 17.1 Å². The molecule has 0 aliphatic carbocycles. The smallest absolute Gasteiger partial charge is 0.283 e. The maximum atomic E-state index is 11.7. The fraction of sp³-hybridized carbons (Fsp3) is 0.400. The summed E-state index contributed by atoms with van der Waals surface area (Å²) in [4.78, 5) is 0. The fourth-order valence-electron chi connectivity index (χ4n) is 1.31. The summed E-state index contributed by atoms with van der Waals surface area (Å²) in [6.07, 6.45) is 0. The molecule has 1 rings (SSSR count). The lowest BCUT2D eigenvalue weighted by atomic mass is 10.1. The van der Waals surface area contributed by atoms with E-state index in [0.29, 0.717) is 5.69 Å². The van der Waals surface area contributed by atoms with Gasteiger partial charge in [0.15, 0.2) is 0 Å². The van der Waals surface area contributed by atoms with E-state index in [0.717, 1.165) is 11.1 Å². The SMILES string of the molecule is Cc1ccc(C)c(NS(=O)(=O)CCOS(=O)(=O)O)c1. The minimum atomic E-state index is -4.63. The van der Waals surface area contributed by atoms with Crippen molar-refractivity contribution >= 4 is 26.1 Å². The van der Waals surface area contributed by atoms with E-state index in [1.165, 1.54) is 0 Å². The average Bonchev–Trinajstić information content (AvgIpc) is 2.20. The summed E-state index contributed by atoms with van der Waals surface area (Å²) in [7, 11) is -8.37. The van der Waals surface area contributed by atoms with Gasteiger partial charge in [-0.1, -0.05) is 12.1 Å². The molecule has 0 aliphatic rings. The molecule has 0 saturated carbocycles. The molecule has 0 spiro atoms. The van der Waals surface area contributed by atoms with Crippen LogP contribution < -0.4 is 4.72 Å². The molecule has 0 bridgehead atoms. The molecule has 0 fully saturated rings. The molecular formula is C10H15NO6S2. The van der Waals surface area contributed by atoms with Gasteiger partial charge < -0.3 is 0 Å². The van der Waals surface area contributed by atoms with Gasteiger partial charge in [0.05, 0.1) is 18.0 Å². The molecule has 0 saturated heterocycles. The second-order valence-electron chi connectivity index (χ2n) is 3.99. The number of rotatable bonds is 6. The van der Waals surface area contributed by atoms with E-state index in [-0.39, 0.29) is 0 Å². The molecule has 0 aliphatic heterocycles. The summed E-state index contributed by atoms with van der Waals surface area (Å²) in [5.41, 5.74) is 2.05. The van der Waals surface area contributed by atoms with Gasteiger partial charge in [-0.25, -0.2) is 12.6 Å². The van der Waals surface area contributed by atoms with Crippen LogP contribution in [-0.4, -0.2) is 33.7 Å². The minimum Gasteiger partial charge on any atom is -0.283 e. The van der Waals surface area contributed by atoms with Crippen molar-refractivity contribution in [3.63, 3.8) is 0 Å². The lowest BCUT2D eigenvalue weighted by Crippen LogP contribution is -2.22. The summed E-state index contributed by atoms with van der Waals surface area (Å²) in [5, 5.41) is 0. The molecule has 0 amide bonds. The summed E-state index contributed by atoms with van der Waals surface area (Å²) < 4.78 is 58.6. The van der Waals surface area contributed by atoms with Crippen molar-refractivity contribution in [3.05, 3.63) is 29.3 Å². The number of hydrogen-bond acceptors (Lipinski definition) is 5. The highest BCUT2D eigenvalue weighted by atomic mass is 32.3. The summed E-state index contributed by atoms with van der Waals surface area (Å²) >= 11 is 0. The molecule has 1 aromatic rings. The Balaban J connectivity index is 2.72. The Labute approximate surface area is 112 Å². The molecule has 0 unspecified atom stereocenters. The van der Waals surface area contributed by atoms with Crippen LogP contribution in [0.3, 0.4) is 0 Å². The van der Waals surface area contributed by atoms with Crippen molar-refractivity contribution in [3.8, 4) is 0 Å². The quantitative estimate of drug-likeness (QED) is 0.754. The van der Waals surface area contributed by atoms with Crippen LogP contribution >= 0.6 is 0 Å². The third-order valence-corrected chi connectivity index (χ3v) is 3.94. The first-order chi connectivity index (χ1) is 8.59. The molecule has 0 aromatic heterocycles. The molecule has 0 radical (unpaired) electrons. The largest absolute Gasteiger partial charge is 0.397 e. The first-order valence-corrected chi connectivity index (χ1v) is 8.30. The molecule has 108 valence electrons. The van der Waals surface area contributed by atoms with Crippen molar-refractivity contribution in [1.82, 2.24) is 0 Å². The number of hydrogen-bond donors (Lipinski definition) is 2. The van der Waals surface area contributed by atoms with E-state index in [1.807, 2.05) is 13.0 Å². The minimum absolute atomic E-state index is 0.423. The van der Waals surface area contributed by atoms with Gasteiger partial charge in [0.2, 0.25) is 10.0 Å². The van der Waals surface area contributed by atoms with E-state index >= 15 is 0 Å². The molecule has 1 aromatic carbocycles. The third-order valence-electron chi connectivity index (χ3n) is 2.24. The molecule has 7 nitrogen and oxygen atoms in total. The molecule has 19 heavy (non-hydrogen) atoms. The highest BCUT2D eigenvalue weighted by Gasteiger charge is 2.14. The van der Waals surface area contributed by atoms with Gasteiger partial charge in [-0.3, -0.25) is 9.27 Å². The Bertz CT molecular complexity index is 651. The van der Waals surface area contributed by atoms with Gasteiger partial charge >= 0.3 is 10.4 Å². The lowest BCUT2D eigenvalue weighted by Gasteiger charge is -2.10. The fourth-order valence-corrected chi connectivity index (χ4v) is 2.67. The van der Waals surface area contributed by atoms with E-state index in [2.05, 4.69) is 8.91 Å². The number of nitrogens with one attached hydrogen (secondary N) is 1. The molecule has 0 heterocycles. The Hall–Kier alpha value is -1.16. The number of anilines is 1. The molecular weight excluding hydrogens is 294 g/mol. The van der Waals surface area contributed by atoms with Gasteiger partial charge in [0.25, 0.3) is 0 Å². The number of benzene rings is 1. The van der Waals surface area contributed by atoms with Gasteiger partial charge in [-0.15, -0.1) is 0 Å². The Morgan fingerprint density at radius 1 is 1.21 bits per heavy atom. The van der Waals surface area contributed by atoms with E-state index in [9.17, 15) is 16.8 Å². The predicted octanol–water partition coefficient (Wildman–Crippen LogP) is 0.865. The zero-order chi connectivity index (χ0) is 14.7. The lowest BCUT2D eigenvalue weighted by molar-refractivity contribution is 0.284. The monoisotopic (exact) mass is 309 g/mol. The van der Waals surface area contributed by atoms with E-state index in [4.69, 9.17) is 4.55 Å². The number of sulfonamides is 1. The Morgan fingerprint density at radius 3 is 2.42 bits per heavy atom. The predicted molar refractivity (Wildman–Crippen MR) is 70.8 cm³/mol. The first-order valence-electron chi connectivity index (χ1n) is 5.29. The second-order valence-corrected chi connectivity index (χ2v) is 6.92. The van der Waals surface area contributed by atoms with Crippen molar-refractivity contribution in [2.45, 2.75) is 13.8 Å². The van der Waals surface area contributed by atoms with Crippen molar-refractivity contribution in [2.24, 2.45) is 0 Å². The Morgan fingerprint density at radius 2 is 1.84 bits per heavy atom. The average molecular weight is 309 g/mol. The van der Waals surface area contributed by atoms with Gasteiger partial charge in [0, 0.05) is 0 Å². The van der Waals surface area contributed by atoms with Gasteiger partial charge in [-0.2, -0.15) is 8.42 Å². The highest BCUT2D eigenvalue weighted by molar-refractivity contribution is 7.92. The first kappa shape index (κ1) is 15.9. The summed E-state index contributed by atoms with van der Waals surface area (Å²) in [5.74, 6) is -0.583. The van der Waals surface area contributed by atoms with Crippen LogP contribution in [0.2, 0.25) is 0 Å². The maximum Gasteiger partial charge on any atom is 0.397 e. The zero-order valence-electron chi connectivity index (χ0n) is 10.5. The standard InChI is InChI=1S/C10H15NO6S2/c1-8-3-4-9(2)10(7-8)11-18(12,13)6-5-17-19(14,15)16/h3-4,7,11H,5-6H2,1-2H3,(H,14,15,16). The van der Waals surface area contributed by atoms with Gasteiger partial charge in [0.1, 0.15) is 0 Å². The van der Waals surface area contributed by atoms with E-state index < -0.39 is 32.8 Å². The zero-order valence-corrected chi connectivity index (χ0v) is 12.1.